The molecule has 0 atom stereocenters. The van der Waals surface area contributed by atoms with Gasteiger partial charge in [-0.1, -0.05) is 58.8 Å². The van der Waals surface area contributed by atoms with Crippen LogP contribution in [0.15, 0.2) is 24.4 Å². The summed E-state index contributed by atoms with van der Waals surface area (Å²) < 4.78 is 17.2. The van der Waals surface area contributed by atoms with Crippen molar-refractivity contribution >= 4 is 16.9 Å². The van der Waals surface area contributed by atoms with E-state index in [0.717, 1.165) is 11.8 Å². The fourth-order valence-corrected chi connectivity index (χ4v) is 3.21. The van der Waals surface area contributed by atoms with Crippen LogP contribution in [0.1, 0.15) is 78.6 Å². The summed E-state index contributed by atoms with van der Waals surface area (Å²) >= 11 is 0. The molecule has 0 saturated carbocycles. The number of pyridine rings is 1. The molecule has 0 fully saturated rings. The fourth-order valence-electron chi connectivity index (χ4n) is 3.21. The first-order valence-electron chi connectivity index (χ1n) is 11.1. The topological polar surface area (TPSA) is 57.7 Å². The molecule has 0 bridgehead atoms. The molecule has 0 saturated heterocycles. The lowest BCUT2D eigenvalue weighted by Crippen LogP contribution is -2.06. The van der Waals surface area contributed by atoms with Gasteiger partial charge in [0.05, 0.1) is 18.7 Å². The maximum Gasteiger partial charge on any atom is 0.310 e. The molecule has 160 valence electrons. The van der Waals surface area contributed by atoms with Gasteiger partial charge in [-0.2, -0.15) is 0 Å². The van der Waals surface area contributed by atoms with Gasteiger partial charge in [0.15, 0.2) is 11.5 Å². The predicted molar refractivity (Wildman–Crippen MR) is 117 cm³/mol. The molecule has 5 nitrogen and oxygen atoms in total. The number of aromatic nitrogens is 1. The molecule has 0 amide bonds. The molecule has 2 rings (SSSR count). The molecule has 0 aliphatic rings. The Morgan fingerprint density at radius 2 is 1.55 bits per heavy atom. The quantitative estimate of drug-likeness (QED) is 0.268. The first kappa shape index (κ1) is 23.0. The van der Waals surface area contributed by atoms with Crippen LogP contribution in [-0.4, -0.2) is 24.2 Å². The van der Waals surface area contributed by atoms with Crippen LogP contribution in [0.3, 0.4) is 0 Å². The summed E-state index contributed by atoms with van der Waals surface area (Å²) in [6, 6.07) is 5.43. The van der Waals surface area contributed by atoms with Gasteiger partial charge in [0.25, 0.3) is 0 Å². The summed E-state index contributed by atoms with van der Waals surface area (Å²) in [7, 11) is 0. The highest BCUT2D eigenvalue weighted by Crippen LogP contribution is 2.36. The van der Waals surface area contributed by atoms with Crippen LogP contribution in [0.5, 0.6) is 17.2 Å². The molecule has 0 aliphatic heterocycles. The third-order valence-electron chi connectivity index (χ3n) is 4.83. The Balaban J connectivity index is 1.99. The number of benzene rings is 1. The summed E-state index contributed by atoms with van der Waals surface area (Å²) in [5.41, 5.74) is 0.717. The van der Waals surface area contributed by atoms with Crippen LogP contribution in [0.25, 0.3) is 10.9 Å². The van der Waals surface area contributed by atoms with Crippen LogP contribution in [-0.2, 0) is 4.79 Å². The molecule has 0 spiro atoms. The van der Waals surface area contributed by atoms with E-state index >= 15 is 0 Å². The van der Waals surface area contributed by atoms with Crippen molar-refractivity contribution in [3.05, 3.63) is 24.4 Å². The van der Waals surface area contributed by atoms with Crippen LogP contribution >= 0.6 is 0 Å². The third kappa shape index (κ3) is 7.56. The Kier molecular flexibility index (Phi) is 10.3. The monoisotopic (exact) mass is 401 g/mol. The van der Waals surface area contributed by atoms with Crippen molar-refractivity contribution in [2.75, 3.05) is 13.2 Å². The van der Waals surface area contributed by atoms with Crippen molar-refractivity contribution in [3.8, 4) is 17.2 Å². The van der Waals surface area contributed by atoms with Gasteiger partial charge in [-0.25, -0.2) is 0 Å². The SMILES string of the molecule is CCCCCCCCCCOc1cc2c(OC(=O)CC)ccnc2cc1OCC. The number of carbonyl (C=O) groups is 1. The van der Waals surface area contributed by atoms with Gasteiger partial charge in [-0.05, 0) is 25.5 Å². The number of unbranched alkanes of at least 4 members (excludes halogenated alkanes) is 7. The van der Waals surface area contributed by atoms with E-state index in [1.165, 1.54) is 44.9 Å². The summed E-state index contributed by atoms with van der Waals surface area (Å²) in [4.78, 5) is 16.1. The average Bonchev–Trinajstić information content (AvgIpc) is 2.73. The van der Waals surface area contributed by atoms with E-state index in [2.05, 4.69) is 11.9 Å². The second kappa shape index (κ2) is 13.0. The van der Waals surface area contributed by atoms with Gasteiger partial charge in [-0.3, -0.25) is 9.78 Å². The highest BCUT2D eigenvalue weighted by Gasteiger charge is 2.13. The molecule has 1 aromatic carbocycles. The maximum absolute atomic E-state index is 11.7. The standard InChI is InChI=1S/C24H35NO4/c1-4-7-8-9-10-11-12-13-16-28-22-17-19-20(18-23(22)27-6-3)25-15-14-21(19)29-24(26)5-2/h14-15,17-18H,4-13,16H2,1-3H3. The molecule has 1 aromatic heterocycles. The van der Waals surface area contributed by atoms with Gasteiger partial charge in [0, 0.05) is 24.1 Å². The molecular formula is C24H35NO4. The maximum atomic E-state index is 11.7. The number of carbonyl (C=O) groups excluding carboxylic acids is 1. The van der Waals surface area contributed by atoms with E-state index in [4.69, 9.17) is 14.2 Å². The molecule has 5 heteroatoms. The smallest absolute Gasteiger partial charge is 0.310 e. The van der Waals surface area contributed by atoms with E-state index in [1.807, 2.05) is 19.1 Å². The minimum atomic E-state index is -0.271. The number of fused-ring (bicyclic) bond motifs is 1. The van der Waals surface area contributed by atoms with E-state index in [0.29, 0.717) is 42.4 Å². The molecule has 0 unspecified atom stereocenters. The Labute approximate surface area is 174 Å². The second-order valence-electron chi connectivity index (χ2n) is 7.21. The summed E-state index contributed by atoms with van der Waals surface area (Å²) in [6.45, 7) is 7.15. The number of hydrogen-bond donors (Lipinski definition) is 0. The number of rotatable bonds is 14. The Hall–Kier alpha value is -2.30. The summed E-state index contributed by atoms with van der Waals surface area (Å²) in [6.07, 6.45) is 12.0. The zero-order valence-electron chi connectivity index (χ0n) is 18.2. The molecule has 1 heterocycles. The van der Waals surface area contributed by atoms with Crippen molar-refractivity contribution in [2.45, 2.75) is 78.6 Å². The normalized spacial score (nSPS) is 10.9. The molecule has 2 aromatic rings. The van der Waals surface area contributed by atoms with E-state index < -0.39 is 0 Å². The number of nitrogens with zero attached hydrogens (tertiary/aromatic N) is 1. The molecular weight excluding hydrogens is 366 g/mol. The number of hydrogen-bond acceptors (Lipinski definition) is 5. The van der Waals surface area contributed by atoms with Gasteiger partial charge < -0.3 is 14.2 Å². The van der Waals surface area contributed by atoms with Gasteiger partial charge in [-0.15, -0.1) is 0 Å². The largest absolute Gasteiger partial charge is 0.490 e. The molecule has 29 heavy (non-hydrogen) atoms. The zero-order valence-corrected chi connectivity index (χ0v) is 18.2. The number of ether oxygens (including phenoxy) is 3. The van der Waals surface area contributed by atoms with Crippen LogP contribution in [0.2, 0.25) is 0 Å². The van der Waals surface area contributed by atoms with Gasteiger partial charge in [0.2, 0.25) is 0 Å². The minimum absolute atomic E-state index is 0.271. The molecule has 0 radical (unpaired) electrons. The lowest BCUT2D eigenvalue weighted by molar-refractivity contribution is -0.133. The van der Waals surface area contributed by atoms with Crippen molar-refractivity contribution in [3.63, 3.8) is 0 Å². The molecule has 0 aliphatic carbocycles. The lowest BCUT2D eigenvalue weighted by Gasteiger charge is -2.14. The zero-order chi connectivity index (χ0) is 20.9. The first-order valence-corrected chi connectivity index (χ1v) is 11.1. The van der Waals surface area contributed by atoms with Crippen LogP contribution in [0.4, 0.5) is 0 Å². The minimum Gasteiger partial charge on any atom is -0.490 e. The fraction of sp³-hybridized carbons (Fsp3) is 0.583. The van der Waals surface area contributed by atoms with Gasteiger partial charge >= 0.3 is 5.97 Å². The van der Waals surface area contributed by atoms with E-state index in [1.54, 1.807) is 19.2 Å². The highest BCUT2D eigenvalue weighted by atomic mass is 16.5. The third-order valence-corrected chi connectivity index (χ3v) is 4.83. The predicted octanol–water partition coefficient (Wildman–Crippen LogP) is 6.47. The Morgan fingerprint density at radius 1 is 0.862 bits per heavy atom. The van der Waals surface area contributed by atoms with Crippen molar-refractivity contribution in [1.29, 1.82) is 0 Å². The Morgan fingerprint density at radius 3 is 2.24 bits per heavy atom. The van der Waals surface area contributed by atoms with Crippen LogP contribution < -0.4 is 14.2 Å². The molecule has 0 N–H and O–H groups in total. The Bertz CT molecular complexity index is 760. The second-order valence-corrected chi connectivity index (χ2v) is 7.21. The van der Waals surface area contributed by atoms with E-state index in [9.17, 15) is 4.79 Å². The average molecular weight is 402 g/mol. The van der Waals surface area contributed by atoms with Crippen molar-refractivity contribution in [2.24, 2.45) is 0 Å². The first-order chi connectivity index (χ1) is 14.2. The lowest BCUT2D eigenvalue weighted by atomic mass is 10.1. The van der Waals surface area contributed by atoms with Gasteiger partial charge in [0.1, 0.15) is 5.75 Å². The van der Waals surface area contributed by atoms with Crippen molar-refractivity contribution < 1.29 is 19.0 Å². The summed E-state index contributed by atoms with van der Waals surface area (Å²) in [5.74, 6) is 1.57. The van der Waals surface area contributed by atoms with Crippen molar-refractivity contribution in [1.82, 2.24) is 4.98 Å². The number of esters is 1. The highest BCUT2D eigenvalue weighted by molar-refractivity contribution is 5.90. The van der Waals surface area contributed by atoms with Crippen LogP contribution in [0, 0.1) is 0 Å². The summed E-state index contributed by atoms with van der Waals surface area (Å²) in [5, 5.41) is 0.753. The van der Waals surface area contributed by atoms with E-state index in [-0.39, 0.29) is 5.97 Å².